The molecule has 0 aromatic carbocycles. The number of carbonyl (C=O) groups excluding carboxylic acids is 1. The van der Waals surface area contributed by atoms with Gasteiger partial charge in [0.15, 0.2) is 11.2 Å². The van der Waals surface area contributed by atoms with Gasteiger partial charge in [-0.05, 0) is 0 Å². The van der Waals surface area contributed by atoms with E-state index in [1.807, 2.05) is 0 Å². The lowest BCUT2D eigenvalue weighted by Gasteiger charge is -2.08. The summed E-state index contributed by atoms with van der Waals surface area (Å²) in [6, 6.07) is 0. The molecule has 2 aromatic heterocycles. The molecule has 0 unspecified atom stereocenters. The maximum Gasteiger partial charge on any atom is 0.289 e. The van der Waals surface area contributed by atoms with Crippen LogP contribution in [0.4, 0.5) is 5.95 Å². The van der Waals surface area contributed by atoms with E-state index in [2.05, 4.69) is 15.0 Å². The van der Waals surface area contributed by atoms with Crippen LogP contribution in [0, 0.1) is 5.92 Å². The molecule has 0 saturated carbocycles. The molecule has 0 radical (unpaired) electrons. The van der Waals surface area contributed by atoms with Crippen LogP contribution >= 0.6 is 0 Å². The molecule has 7 heteroatoms. The molecular weight excluding hydrogens is 210 g/mol. The first kappa shape index (κ1) is 10.3. The summed E-state index contributed by atoms with van der Waals surface area (Å²) in [5.74, 6) is -0.849. The van der Waals surface area contributed by atoms with E-state index in [9.17, 15) is 9.59 Å². The maximum atomic E-state index is 11.9. The molecule has 0 bridgehead atoms. The average Bonchev–Trinajstić information content (AvgIpc) is 2.65. The minimum absolute atomic E-state index is 0.114. The van der Waals surface area contributed by atoms with Crippen molar-refractivity contribution in [1.82, 2.24) is 19.5 Å². The summed E-state index contributed by atoms with van der Waals surface area (Å²) in [6.45, 7) is 3.37. The Labute approximate surface area is 90.3 Å². The molecular formula is C9H11N5O2. The first-order chi connectivity index (χ1) is 7.52. The van der Waals surface area contributed by atoms with Crippen LogP contribution < -0.4 is 11.3 Å². The molecule has 16 heavy (non-hydrogen) atoms. The molecule has 0 aliphatic carbocycles. The average molecular weight is 221 g/mol. The monoisotopic (exact) mass is 221 g/mol. The SMILES string of the molecule is CC(C)C(=O)n1c(N)nc2[nH]cnc2c1=O. The predicted octanol–water partition coefficient (Wildman–Crippen LogP) is -0.00200. The van der Waals surface area contributed by atoms with E-state index in [1.54, 1.807) is 13.8 Å². The number of hydrogen-bond acceptors (Lipinski definition) is 5. The topological polar surface area (TPSA) is 107 Å². The Bertz CT molecular complexity index is 610. The molecule has 2 heterocycles. The van der Waals surface area contributed by atoms with Gasteiger partial charge in [-0.15, -0.1) is 0 Å². The number of aromatic amines is 1. The van der Waals surface area contributed by atoms with Crippen molar-refractivity contribution >= 4 is 23.0 Å². The second-order valence-electron chi connectivity index (χ2n) is 3.70. The van der Waals surface area contributed by atoms with Gasteiger partial charge < -0.3 is 10.7 Å². The fourth-order valence-electron chi connectivity index (χ4n) is 1.37. The van der Waals surface area contributed by atoms with Crippen LogP contribution in [-0.4, -0.2) is 25.4 Å². The summed E-state index contributed by atoms with van der Waals surface area (Å²) in [5, 5.41) is 0. The van der Waals surface area contributed by atoms with Crippen LogP contribution in [0.2, 0.25) is 0 Å². The molecule has 0 spiro atoms. The number of hydrogen-bond donors (Lipinski definition) is 2. The van der Waals surface area contributed by atoms with Crippen LogP contribution in [0.5, 0.6) is 0 Å². The van der Waals surface area contributed by atoms with Crippen molar-refractivity contribution in [2.24, 2.45) is 5.92 Å². The van der Waals surface area contributed by atoms with E-state index in [0.717, 1.165) is 4.57 Å². The molecule has 3 N–H and O–H groups in total. The lowest BCUT2D eigenvalue weighted by atomic mass is 10.2. The molecule has 0 fully saturated rings. The lowest BCUT2D eigenvalue weighted by Crippen LogP contribution is -2.32. The van der Waals surface area contributed by atoms with E-state index in [0.29, 0.717) is 0 Å². The number of fused-ring (bicyclic) bond motifs is 1. The minimum atomic E-state index is -0.539. The molecule has 7 nitrogen and oxygen atoms in total. The quantitative estimate of drug-likeness (QED) is 0.704. The number of nitrogens with two attached hydrogens (primary N) is 1. The fraction of sp³-hybridized carbons (Fsp3) is 0.333. The van der Waals surface area contributed by atoms with E-state index in [4.69, 9.17) is 5.73 Å². The van der Waals surface area contributed by atoms with E-state index in [1.165, 1.54) is 6.33 Å². The zero-order valence-corrected chi connectivity index (χ0v) is 8.89. The van der Waals surface area contributed by atoms with Crippen molar-refractivity contribution in [2.75, 3.05) is 5.73 Å². The van der Waals surface area contributed by atoms with Crippen molar-refractivity contribution in [3.05, 3.63) is 16.7 Å². The highest BCUT2D eigenvalue weighted by Gasteiger charge is 2.18. The van der Waals surface area contributed by atoms with Crippen LogP contribution in [0.15, 0.2) is 11.1 Å². The van der Waals surface area contributed by atoms with Crippen LogP contribution in [0.1, 0.15) is 18.6 Å². The van der Waals surface area contributed by atoms with Gasteiger partial charge in [-0.1, -0.05) is 13.8 Å². The summed E-state index contributed by atoms with van der Waals surface area (Å²) < 4.78 is 0.855. The number of anilines is 1. The fourth-order valence-corrected chi connectivity index (χ4v) is 1.37. The van der Waals surface area contributed by atoms with Gasteiger partial charge in [0.25, 0.3) is 5.56 Å². The number of nitrogen functional groups attached to an aromatic ring is 1. The Morgan fingerprint density at radius 3 is 2.88 bits per heavy atom. The molecule has 0 atom stereocenters. The number of carbonyl (C=O) groups is 1. The van der Waals surface area contributed by atoms with E-state index >= 15 is 0 Å². The van der Waals surface area contributed by atoms with Crippen LogP contribution in [-0.2, 0) is 0 Å². The summed E-state index contributed by atoms with van der Waals surface area (Å²) >= 11 is 0. The number of imidazole rings is 1. The third kappa shape index (κ3) is 1.37. The lowest BCUT2D eigenvalue weighted by molar-refractivity contribution is 0.0853. The van der Waals surface area contributed by atoms with Crippen molar-refractivity contribution in [3.8, 4) is 0 Å². The second kappa shape index (κ2) is 3.44. The van der Waals surface area contributed by atoms with Crippen LogP contribution in [0.3, 0.4) is 0 Å². The molecule has 0 aliphatic rings. The Balaban J connectivity index is 2.79. The Morgan fingerprint density at radius 1 is 1.56 bits per heavy atom. The maximum absolute atomic E-state index is 11.9. The minimum Gasteiger partial charge on any atom is -0.369 e. The normalized spacial score (nSPS) is 11.2. The molecule has 2 aromatic rings. The van der Waals surface area contributed by atoms with Gasteiger partial charge in [0, 0.05) is 5.92 Å². The van der Waals surface area contributed by atoms with Crippen molar-refractivity contribution in [1.29, 1.82) is 0 Å². The van der Waals surface area contributed by atoms with Crippen molar-refractivity contribution in [2.45, 2.75) is 13.8 Å². The summed E-state index contributed by atoms with van der Waals surface area (Å²) in [7, 11) is 0. The zero-order chi connectivity index (χ0) is 11.9. The third-order valence-corrected chi connectivity index (χ3v) is 2.19. The summed E-state index contributed by atoms with van der Waals surface area (Å²) in [4.78, 5) is 34.0. The van der Waals surface area contributed by atoms with E-state index < -0.39 is 5.56 Å². The Morgan fingerprint density at radius 2 is 2.25 bits per heavy atom. The molecule has 0 aliphatic heterocycles. The van der Waals surface area contributed by atoms with Crippen molar-refractivity contribution < 1.29 is 4.79 Å². The van der Waals surface area contributed by atoms with Gasteiger partial charge in [-0.25, -0.2) is 9.55 Å². The number of nitrogens with one attached hydrogen (secondary N) is 1. The zero-order valence-electron chi connectivity index (χ0n) is 8.89. The van der Waals surface area contributed by atoms with Crippen molar-refractivity contribution in [3.63, 3.8) is 0 Å². The van der Waals surface area contributed by atoms with Gasteiger partial charge >= 0.3 is 0 Å². The van der Waals surface area contributed by atoms with Gasteiger partial charge in [0.1, 0.15) is 0 Å². The standard InChI is InChI=1S/C9H11N5O2/c1-4(2)7(15)14-8(16)5-6(12-3-11-5)13-9(14)10/h3-4H,1-2H3,(H2,10,13)(H,11,12). The smallest absolute Gasteiger partial charge is 0.289 e. The van der Waals surface area contributed by atoms with Gasteiger partial charge in [0.2, 0.25) is 11.9 Å². The van der Waals surface area contributed by atoms with Gasteiger partial charge in [-0.2, -0.15) is 4.98 Å². The summed E-state index contributed by atoms with van der Waals surface area (Å²) in [5.41, 5.74) is 5.43. The number of aromatic nitrogens is 4. The summed E-state index contributed by atoms with van der Waals surface area (Å²) in [6.07, 6.45) is 1.34. The van der Waals surface area contributed by atoms with Gasteiger partial charge in [0.05, 0.1) is 6.33 Å². The predicted molar refractivity (Wildman–Crippen MR) is 58.0 cm³/mol. The first-order valence-corrected chi connectivity index (χ1v) is 4.78. The Hall–Kier alpha value is -2.18. The largest absolute Gasteiger partial charge is 0.369 e. The van der Waals surface area contributed by atoms with Gasteiger partial charge in [-0.3, -0.25) is 9.59 Å². The molecule has 2 rings (SSSR count). The number of H-pyrrole nitrogens is 1. The Kier molecular flexibility index (Phi) is 2.22. The molecule has 84 valence electrons. The van der Waals surface area contributed by atoms with E-state index in [-0.39, 0.29) is 28.9 Å². The molecule has 0 saturated heterocycles. The highest BCUT2D eigenvalue weighted by atomic mass is 16.2. The second-order valence-corrected chi connectivity index (χ2v) is 3.70. The first-order valence-electron chi connectivity index (χ1n) is 4.78. The van der Waals surface area contributed by atoms with Crippen LogP contribution in [0.25, 0.3) is 11.2 Å². The highest BCUT2D eigenvalue weighted by Crippen LogP contribution is 2.06. The number of nitrogens with zero attached hydrogens (tertiary/aromatic N) is 3. The third-order valence-electron chi connectivity index (χ3n) is 2.19. The molecule has 0 amide bonds. The highest BCUT2D eigenvalue weighted by molar-refractivity contribution is 5.85. The number of rotatable bonds is 1.